The lowest BCUT2D eigenvalue weighted by molar-refractivity contribution is 0.474. The summed E-state index contributed by atoms with van der Waals surface area (Å²) in [4.78, 5) is 0. The standard InChI is InChI=1S/C16H16O/c1-11-10-13-4-2-3-5-15(13)16(11)12-6-8-14(17)9-7-12/h2-9,11,16-17H,10H2,1H3. The van der Waals surface area contributed by atoms with Crippen LogP contribution in [0.1, 0.15) is 29.5 Å². The summed E-state index contributed by atoms with van der Waals surface area (Å²) in [7, 11) is 0. The molecule has 3 rings (SSSR count). The van der Waals surface area contributed by atoms with E-state index in [1.807, 2.05) is 12.1 Å². The van der Waals surface area contributed by atoms with Crippen LogP contribution in [-0.4, -0.2) is 5.11 Å². The molecule has 0 aliphatic heterocycles. The van der Waals surface area contributed by atoms with Crippen LogP contribution in [0.3, 0.4) is 0 Å². The second-order valence-corrected chi connectivity index (χ2v) is 4.95. The fourth-order valence-electron chi connectivity index (χ4n) is 2.98. The molecule has 0 heterocycles. The van der Waals surface area contributed by atoms with Crippen molar-refractivity contribution >= 4 is 0 Å². The summed E-state index contributed by atoms with van der Waals surface area (Å²) in [5.41, 5.74) is 4.23. The molecular formula is C16H16O. The average Bonchev–Trinajstić information content (AvgIpc) is 2.66. The summed E-state index contributed by atoms with van der Waals surface area (Å²) in [6, 6.07) is 16.3. The van der Waals surface area contributed by atoms with Crippen LogP contribution in [0.5, 0.6) is 5.75 Å². The summed E-state index contributed by atoms with van der Waals surface area (Å²) in [6.45, 7) is 2.30. The number of fused-ring (bicyclic) bond motifs is 1. The number of benzene rings is 2. The number of hydrogen-bond acceptors (Lipinski definition) is 1. The normalized spacial score (nSPS) is 22.4. The highest BCUT2D eigenvalue weighted by Gasteiger charge is 2.29. The van der Waals surface area contributed by atoms with Crippen molar-refractivity contribution in [3.63, 3.8) is 0 Å². The monoisotopic (exact) mass is 224 g/mol. The van der Waals surface area contributed by atoms with E-state index in [2.05, 4.69) is 31.2 Å². The Hall–Kier alpha value is -1.76. The van der Waals surface area contributed by atoms with Crippen molar-refractivity contribution < 1.29 is 5.11 Å². The van der Waals surface area contributed by atoms with Crippen molar-refractivity contribution in [3.05, 3.63) is 65.2 Å². The summed E-state index contributed by atoms with van der Waals surface area (Å²) in [5.74, 6) is 1.46. The van der Waals surface area contributed by atoms with Gasteiger partial charge in [0.05, 0.1) is 0 Å². The van der Waals surface area contributed by atoms with E-state index in [4.69, 9.17) is 0 Å². The highest BCUT2D eigenvalue weighted by molar-refractivity contribution is 5.44. The topological polar surface area (TPSA) is 20.2 Å². The number of aromatic hydroxyl groups is 1. The molecule has 2 atom stereocenters. The number of rotatable bonds is 1. The lowest BCUT2D eigenvalue weighted by Crippen LogP contribution is -2.05. The molecule has 1 aliphatic rings. The summed E-state index contributed by atoms with van der Waals surface area (Å²) < 4.78 is 0. The second-order valence-electron chi connectivity index (χ2n) is 4.95. The molecule has 1 heteroatoms. The molecule has 0 amide bonds. The quantitative estimate of drug-likeness (QED) is 0.782. The van der Waals surface area contributed by atoms with Gasteiger partial charge in [-0.2, -0.15) is 0 Å². The van der Waals surface area contributed by atoms with Gasteiger partial charge < -0.3 is 5.11 Å². The lowest BCUT2D eigenvalue weighted by atomic mass is 9.87. The van der Waals surface area contributed by atoms with E-state index in [1.54, 1.807) is 12.1 Å². The van der Waals surface area contributed by atoms with Crippen molar-refractivity contribution in [2.75, 3.05) is 0 Å². The Morgan fingerprint density at radius 3 is 2.47 bits per heavy atom. The number of phenols is 1. The zero-order chi connectivity index (χ0) is 11.8. The van der Waals surface area contributed by atoms with Crippen molar-refractivity contribution in [1.82, 2.24) is 0 Å². The summed E-state index contributed by atoms with van der Waals surface area (Å²) >= 11 is 0. The molecular weight excluding hydrogens is 208 g/mol. The minimum Gasteiger partial charge on any atom is -0.508 e. The first kappa shape index (κ1) is 10.4. The van der Waals surface area contributed by atoms with Crippen LogP contribution in [-0.2, 0) is 6.42 Å². The first-order valence-electron chi connectivity index (χ1n) is 6.12. The van der Waals surface area contributed by atoms with Crippen LogP contribution in [0.2, 0.25) is 0 Å². The fraction of sp³-hybridized carbons (Fsp3) is 0.250. The first-order valence-corrected chi connectivity index (χ1v) is 6.12. The first-order chi connectivity index (χ1) is 8.25. The maximum Gasteiger partial charge on any atom is 0.115 e. The second kappa shape index (κ2) is 3.92. The van der Waals surface area contributed by atoms with Crippen LogP contribution in [0.25, 0.3) is 0 Å². The van der Waals surface area contributed by atoms with E-state index in [-0.39, 0.29) is 0 Å². The largest absolute Gasteiger partial charge is 0.508 e. The Morgan fingerprint density at radius 2 is 1.71 bits per heavy atom. The zero-order valence-electron chi connectivity index (χ0n) is 9.93. The van der Waals surface area contributed by atoms with Crippen molar-refractivity contribution in [2.45, 2.75) is 19.3 Å². The Kier molecular flexibility index (Phi) is 2.40. The van der Waals surface area contributed by atoms with Gasteiger partial charge in [0.25, 0.3) is 0 Å². The minimum atomic E-state index is 0.340. The third kappa shape index (κ3) is 1.72. The van der Waals surface area contributed by atoms with Gasteiger partial charge in [-0.15, -0.1) is 0 Å². The average molecular weight is 224 g/mol. The van der Waals surface area contributed by atoms with Gasteiger partial charge in [-0.1, -0.05) is 43.3 Å². The van der Waals surface area contributed by atoms with Gasteiger partial charge in [0.1, 0.15) is 5.75 Å². The van der Waals surface area contributed by atoms with Crippen LogP contribution in [0.4, 0.5) is 0 Å². The van der Waals surface area contributed by atoms with E-state index in [9.17, 15) is 5.11 Å². The van der Waals surface area contributed by atoms with Gasteiger partial charge in [0.15, 0.2) is 0 Å². The van der Waals surface area contributed by atoms with Crippen molar-refractivity contribution in [2.24, 2.45) is 5.92 Å². The van der Waals surface area contributed by atoms with Gasteiger partial charge in [-0.25, -0.2) is 0 Å². The maximum absolute atomic E-state index is 9.36. The fourth-order valence-corrected chi connectivity index (χ4v) is 2.98. The SMILES string of the molecule is CC1Cc2ccccc2C1c1ccc(O)cc1. The molecule has 0 fully saturated rings. The van der Waals surface area contributed by atoms with E-state index in [0.717, 1.165) is 6.42 Å². The van der Waals surface area contributed by atoms with Gasteiger partial charge in [0, 0.05) is 5.92 Å². The predicted octanol–water partition coefficient (Wildman–Crippen LogP) is 3.72. The molecule has 0 bridgehead atoms. The number of hydrogen-bond donors (Lipinski definition) is 1. The molecule has 1 N–H and O–H groups in total. The molecule has 1 nitrogen and oxygen atoms in total. The molecule has 0 radical (unpaired) electrons. The lowest BCUT2D eigenvalue weighted by Gasteiger charge is -2.17. The van der Waals surface area contributed by atoms with Crippen molar-refractivity contribution in [3.8, 4) is 5.75 Å². The molecule has 2 unspecified atom stereocenters. The van der Waals surface area contributed by atoms with Crippen LogP contribution in [0, 0.1) is 5.92 Å². The minimum absolute atomic E-state index is 0.340. The molecule has 0 aromatic heterocycles. The zero-order valence-corrected chi connectivity index (χ0v) is 9.93. The third-order valence-corrected chi connectivity index (χ3v) is 3.75. The van der Waals surface area contributed by atoms with E-state index < -0.39 is 0 Å². The van der Waals surface area contributed by atoms with E-state index in [1.165, 1.54) is 16.7 Å². The Balaban J connectivity index is 2.06. The van der Waals surface area contributed by atoms with Gasteiger partial charge in [-0.05, 0) is 41.2 Å². The van der Waals surface area contributed by atoms with E-state index >= 15 is 0 Å². The molecule has 2 aromatic carbocycles. The molecule has 1 aliphatic carbocycles. The molecule has 2 aromatic rings. The molecule has 0 saturated heterocycles. The smallest absolute Gasteiger partial charge is 0.115 e. The van der Waals surface area contributed by atoms with Gasteiger partial charge in [0.2, 0.25) is 0 Å². The molecule has 86 valence electrons. The van der Waals surface area contributed by atoms with E-state index in [0.29, 0.717) is 17.6 Å². The molecule has 17 heavy (non-hydrogen) atoms. The maximum atomic E-state index is 9.36. The Morgan fingerprint density at radius 1 is 1.00 bits per heavy atom. The van der Waals surface area contributed by atoms with Gasteiger partial charge in [-0.3, -0.25) is 0 Å². The molecule has 0 saturated carbocycles. The highest BCUT2D eigenvalue weighted by Crippen LogP contribution is 2.42. The molecule has 0 spiro atoms. The summed E-state index contributed by atoms with van der Waals surface area (Å²) in [5, 5.41) is 9.36. The Labute approximate surface area is 102 Å². The van der Waals surface area contributed by atoms with Gasteiger partial charge >= 0.3 is 0 Å². The summed E-state index contributed by atoms with van der Waals surface area (Å²) in [6.07, 6.45) is 1.15. The van der Waals surface area contributed by atoms with Crippen LogP contribution >= 0.6 is 0 Å². The predicted molar refractivity (Wildman–Crippen MR) is 69.3 cm³/mol. The highest BCUT2D eigenvalue weighted by atomic mass is 16.3. The van der Waals surface area contributed by atoms with Crippen LogP contribution < -0.4 is 0 Å². The number of phenolic OH excluding ortho intramolecular Hbond substituents is 1. The van der Waals surface area contributed by atoms with Crippen LogP contribution in [0.15, 0.2) is 48.5 Å². The Bertz CT molecular complexity index is 527. The third-order valence-electron chi connectivity index (χ3n) is 3.75. The van der Waals surface area contributed by atoms with Crippen molar-refractivity contribution in [1.29, 1.82) is 0 Å².